The maximum atomic E-state index is 12.7. The number of cyclic esters (lactones) is 2. The lowest BCUT2D eigenvalue weighted by molar-refractivity contribution is -0.125. The summed E-state index contributed by atoms with van der Waals surface area (Å²) in [7, 11) is 0. The summed E-state index contributed by atoms with van der Waals surface area (Å²) in [5.41, 5.74) is 1.11. The van der Waals surface area contributed by atoms with Gasteiger partial charge in [0.05, 0.1) is 17.8 Å². The molecule has 0 atom stereocenters. The van der Waals surface area contributed by atoms with Gasteiger partial charge in [0.15, 0.2) is 0 Å². The summed E-state index contributed by atoms with van der Waals surface area (Å²) in [5.74, 6) is -1.66. The van der Waals surface area contributed by atoms with Crippen LogP contribution >= 0.6 is 0 Å². The molecule has 0 aliphatic carbocycles. The molecule has 170 valence electrons. The van der Waals surface area contributed by atoms with Crippen molar-refractivity contribution in [3.05, 3.63) is 65.2 Å². The molecule has 1 spiro atoms. The third kappa shape index (κ3) is 3.74. The van der Waals surface area contributed by atoms with E-state index in [1.54, 1.807) is 0 Å². The summed E-state index contributed by atoms with van der Waals surface area (Å²) in [6, 6.07) is 14.3. The highest BCUT2D eigenvalue weighted by molar-refractivity contribution is 6.15. The molecule has 2 N–H and O–H groups in total. The predicted molar refractivity (Wildman–Crippen MR) is 119 cm³/mol. The number of anilines is 1. The fourth-order valence-electron chi connectivity index (χ4n) is 4.84. The van der Waals surface area contributed by atoms with E-state index in [2.05, 4.69) is 25.2 Å². The zero-order chi connectivity index (χ0) is 23.0. The number of piperidine rings is 1. The molecular formula is C24H24N4O5. The van der Waals surface area contributed by atoms with E-state index in [1.807, 2.05) is 30.3 Å². The zero-order valence-corrected chi connectivity index (χ0v) is 18.0. The van der Waals surface area contributed by atoms with Crippen molar-refractivity contribution in [1.82, 2.24) is 15.5 Å². The fraction of sp³-hybridized carbons (Fsp3) is 0.333. The van der Waals surface area contributed by atoms with Crippen molar-refractivity contribution in [2.45, 2.75) is 18.4 Å². The molecule has 0 aromatic heterocycles. The van der Waals surface area contributed by atoms with Gasteiger partial charge in [-0.05, 0) is 43.2 Å². The minimum absolute atomic E-state index is 0.0768. The lowest BCUT2D eigenvalue weighted by Crippen LogP contribution is -2.57. The Kier molecular flexibility index (Phi) is 5.33. The van der Waals surface area contributed by atoms with E-state index in [1.165, 1.54) is 18.2 Å². The van der Waals surface area contributed by atoms with Crippen LogP contribution in [0.3, 0.4) is 0 Å². The molecule has 9 heteroatoms. The second-order valence-corrected chi connectivity index (χ2v) is 8.49. The van der Waals surface area contributed by atoms with Crippen LogP contribution in [0.25, 0.3) is 0 Å². The van der Waals surface area contributed by atoms with Crippen LogP contribution in [0.5, 0.6) is 0 Å². The maximum Gasteiger partial charge on any atom is 0.346 e. The molecule has 2 fully saturated rings. The second kappa shape index (κ2) is 8.32. The number of hydrogen-bond donors (Lipinski definition) is 2. The number of esters is 2. The Morgan fingerprint density at radius 3 is 2.48 bits per heavy atom. The van der Waals surface area contributed by atoms with Gasteiger partial charge in [0.1, 0.15) is 5.54 Å². The Hall–Kier alpha value is -3.72. The van der Waals surface area contributed by atoms with Gasteiger partial charge in [0, 0.05) is 37.4 Å². The fourth-order valence-corrected chi connectivity index (χ4v) is 4.84. The largest absolute Gasteiger partial charge is 0.386 e. The number of benzene rings is 2. The average Bonchev–Trinajstić information content (AvgIpc) is 3.31. The van der Waals surface area contributed by atoms with Gasteiger partial charge in [0.25, 0.3) is 5.91 Å². The van der Waals surface area contributed by atoms with Crippen LogP contribution in [0.1, 0.15) is 43.9 Å². The molecule has 2 aromatic carbocycles. The van der Waals surface area contributed by atoms with Crippen molar-refractivity contribution in [3.63, 3.8) is 0 Å². The Bertz CT molecular complexity index is 1120. The van der Waals surface area contributed by atoms with Crippen LogP contribution in [-0.4, -0.2) is 67.0 Å². The number of ether oxygens (including phenoxy) is 1. The smallest absolute Gasteiger partial charge is 0.346 e. The van der Waals surface area contributed by atoms with Gasteiger partial charge < -0.3 is 25.2 Å². The lowest BCUT2D eigenvalue weighted by atomic mass is 9.85. The Morgan fingerprint density at radius 1 is 1.00 bits per heavy atom. The normalized spacial score (nSPS) is 19.4. The predicted octanol–water partition coefficient (Wildman–Crippen LogP) is 1.16. The molecule has 5 rings (SSSR count). The summed E-state index contributed by atoms with van der Waals surface area (Å²) >= 11 is 0. The highest BCUT2D eigenvalue weighted by Gasteiger charge is 2.50. The highest BCUT2D eigenvalue weighted by atomic mass is 16.6. The van der Waals surface area contributed by atoms with E-state index in [0.717, 1.165) is 18.8 Å². The topological polar surface area (TPSA) is 108 Å². The van der Waals surface area contributed by atoms with Gasteiger partial charge in [-0.1, -0.05) is 18.2 Å². The SMILES string of the molecule is O=C(NCCN1CCC2(CC1)C(=O)NCN2c1ccccc1)c1ccc2c(c1)C(=O)OC2=O. The Balaban J connectivity index is 1.15. The molecular weight excluding hydrogens is 424 g/mol. The Labute approximate surface area is 190 Å². The van der Waals surface area contributed by atoms with Crippen LogP contribution in [-0.2, 0) is 9.53 Å². The molecule has 0 radical (unpaired) electrons. The second-order valence-electron chi connectivity index (χ2n) is 8.49. The van der Waals surface area contributed by atoms with Crippen molar-refractivity contribution in [2.24, 2.45) is 0 Å². The molecule has 0 saturated carbocycles. The molecule has 0 bridgehead atoms. The molecule has 33 heavy (non-hydrogen) atoms. The summed E-state index contributed by atoms with van der Waals surface area (Å²) < 4.78 is 4.56. The first-order valence-corrected chi connectivity index (χ1v) is 11.0. The summed E-state index contributed by atoms with van der Waals surface area (Å²) in [4.78, 5) is 52.9. The van der Waals surface area contributed by atoms with Crippen LogP contribution < -0.4 is 15.5 Å². The van der Waals surface area contributed by atoms with Crippen molar-refractivity contribution in [2.75, 3.05) is 37.7 Å². The number of nitrogens with one attached hydrogen (secondary N) is 2. The number of para-hydroxylation sites is 1. The number of amides is 2. The first-order valence-electron chi connectivity index (χ1n) is 11.0. The Morgan fingerprint density at radius 2 is 1.73 bits per heavy atom. The van der Waals surface area contributed by atoms with Crippen molar-refractivity contribution < 1.29 is 23.9 Å². The van der Waals surface area contributed by atoms with E-state index in [4.69, 9.17) is 0 Å². The van der Waals surface area contributed by atoms with Crippen LogP contribution in [0, 0.1) is 0 Å². The van der Waals surface area contributed by atoms with Crippen molar-refractivity contribution in [3.8, 4) is 0 Å². The molecule has 3 heterocycles. The molecule has 2 amide bonds. The molecule has 3 aliphatic rings. The zero-order valence-electron chi connectivity index (χ0n) is 18.0. The number of rotatable bonds is 5. The monoisotopic (exact) mass is 448 g/mol. The number of hydrogen-bond acceptors (Lipinski definition) is 7. The van der Waals surface area contributed by atoms with Gasteiger partial charge in [-0.15, -0.1) is 0 Å². The first kappa shape index (κ1) is 21.1. The molecule has 2 aromatic rings. The van der Waals surface area contributed by atoms with Crippen LogP contribution in [0.2, 0.25) is 0 Å². The number of carbonyl (C=O) groups is 4. The summed E-state index contributed by atoms with van der Waals surface area (Å²) in [6.45, 7) is 3.10. The number of fused-ring (bicyclic) bond motifs is 1. The minimum Gasteiger partial charge on any atom is -0.386 e. The summed E-state index contributed by atoms with van der Waals surface area (Å²) in [5, 5.41) is 5.86. The number of nitrogens with zero attached hydrogens (tertiary/aromatic N) is 2. The third-order valence-corrected chi connectivity index (χ3v) is 6.71. The van der Waals surface area contributed by atoms with E-state index < -0.39 is 17.5 Å². The maximum absolute atomic E-state index is 12.7. The molecule has 0 unspecified atom stereocenters. The van der Waals surface area contributed by atoms with E-state index in [0.29, 0.717) is 38.2 Å². The number of likely N-dealkylation sites (tertiary alicyclic amines) is 1. The van der Waals surface area contributed by atoms with E-state index in [-0.39, 0.29) is 22.9 Å². The standard InChI is InChI=1S/C24H24N4O5/c29-20(16-6-7-18-19(14-16)22(31)33-21(18)30)25-10-13-27-11-8-24(9-12-27)23(32)26-15-28(24)17-4-2-1-3-5-17/h1-7,14H,8-13,15H2,(H,25,29)(H,26,32). The average molecular weight is 448 g/mol. The first-order chi connectivity index (χ1) is 16.0. The van der Waals surface area contributed by atoms with Crippen molar-refractivity contribution >= 4 is 29.4 Å². The van der Waals surface area contributed by atoms with Crippen molar-refractivity contribution in [1.29, 1.82) is 0 Å². The minimum atomic E-state index is -0.729. The summed E-state index contributed by atoms with van der Waals surface area (Å²) in [6.07, 6.45) is 1.42. The number of carbonyl (C=O) groups excluding carboxylic acids is 4. The lowest BCUT2D eigenvalue weighted by Gasteiger charge is -2.43. The quantitative estimate of drug-likeness (QED) is 0.522. The van der Waals surface area contributed by atoms with Gasteiger partial charge in [-0.2, -0.15) is 0 Å². The van der Waals surface area contributed by atoms with Gasteiger partial charge >= 0.3 is 11.9 Å². The van der Waals surface area contributed by atoms with Crippen LogP contribution in [0.15, 0.2) is 48.5 Å². The third-order valence-electron chi connectivity index (χ3n) is 6.71. The van der Waals surface area contributed by atoms with Gasteiger partial charge in [-0.25, -0.2) is 9.59 Å². The van der Waals surface area contributed by atoms with Crippen LogP contribution in [0.4, 0.5) is 5.69 Å². The van der Waals surface area contributed by atoms with Gasteiger partial charge in [-0.3, -0.25) is 9.59 Å². The molecule has 3 aliphatic heterocycles. The van der Waals surface area contributed by atoms with E-state index in [9.17, 15) is 19.2 Å². The highest BCUT2D eigenvalue weighted by Crippen LogP contribution is 2.36. The van der Waals surface area contributed by atoms with E-state index >= 15 is 0 Å². The van der Waals surface area contributed by atoms with Gasteiger partial charge in [0.2, 0.25) is 5.91 Å². The molecule has 2 saturated heterocycles. The molecule has 9 nitrogen and oxygen atoms in total.